The van der Waals surface area contributed by atoms with Crippen molar-refractivity contribution >= 4 is 22.7 Å². The molecule has 0 saturated carbocycles. The van der Waals surface area contributed by atoms with Gasteiger partial charge in [-0.3, -0.25) is 0 Å². The molecule has 1 aromatic heterocycles. The third kappa shape index (κ3) is 2.50. The number of nitrogens with zero attached hydrogens (tertiary/aromatic N) is 1. The van der Waals surface area contributed by atoms with Crippen molar-refractivity contribution < 1.29 is 9.90 Å². The summed E-state index contributed by atoms with van der Waals surface area (Å²) in [6.07, 6.45) is 2.83. The number of hydrogen-bond donors (Lipinski definition) is 3. The van der Waals surface area contributed by atoms with Gasteiger partial charge in [0, 0.05) is 41.9 Å². The lowest BCUT2D eigenvalue weighted by molar-refractivity contribution is 0.134. The number of fused-ring (bicyclic) bond motifs is 1. The number of anilines is 1. The molecule has 2 aromatic rings. The van der Waals surface area contributed by atoms with Gasteiger partial charge in [0.05, 0.1) is 0 Å². The van der Waals surface area contributed by atoms with Crippen molar-refractivity contribution in [3.63, 3.8) is 0 Å². The Morgan fingerprint density at radius 2 is 2.11 bits per heavy atom. The van der Waals surface area contributed by atoms with Crippen LogP contribution in [0.5, 0.6) is 0 Å². The van der Waals surface area contributed by atoms with Gasteiger partial charge >= 0.3 is 6.09 Å². The Morgan fingerprint density at radius 1 is 1.32 bits per heavy atom. The number of H-pyrrole nitrogens is 1. The molecule has 2 heterocycles. The van der Waals surface area contributed by atoms with Crippen LogP contribution < -0.4 is 5.32 Å². The van der Waals surface area contributed by atoms with Crippen molar-refractivity contribution in [1.82, 2.24) is 9.88 Å². The molecule has 0 unspecified atom stereocenters. The van der Waals surface area contributed by atoms with Crippen LogP contribution in [0.1, 0.15) is 12.8 Å². The van der Waals surface area contributed by atoms with Crippen LogP contribution >= 0.6 is 0 Å². The van der Waals surface area contributed by atoms with Crippen LogP contribution in [0.25, 0.3) is 10.9 Å². The summed E-state index contributed by atoms with van der Waals surface area (Å²) in [4.78, 5) is 15.5. The summed E-state index contributed by atoms with van der Waals surface area (Å²) < 4.78 is 0. The highest BCUT2D eigenvalue weighted by molar-refractivity contribution is 5.83. The average molecular weight is 259 g/mol. The molecule has 0 aliphatic carbocycles. The summed E-state index contributed by atoms with van der Waals surface area (Å²) >= 11 is 0. The van der Waals surface area contributed by atoms with Gasteiger partial charge in [0.2, 0.25) is 0 Å². The van der Waals surface area contributed by atoms with Crippen molar-refractivity contribution in [2.75, 3.05) is 18.4 Å². The normalized spacial score (nSPS) is 16.7. The summed E-state index contributed by atoms with van der Waals surface area (Å²) in [5, 5.41) is 13.6. The summed E-state index contributed by atoms with van der Waals surface area (Å²) in [5.74, 6) is 0. The number of amides is 1. The molecule has 1 saturated heterocycles. The molecule has 0 spiro atoms. The quantitative estimate of drug-likeness (QED) is 0.776. The molecule has 0 atom stereocenters. The van der Waals surface area contributed by atoms with Crippen molar-refractivity contribution in [3.8, 4) is 0 Å². The van der Waals surface area contributed by atoms with Crippen molar-refractivity contribution in [2.24, 2.45) is 0 Å². The number of aromatic nitrogens is 1. The third-order valence-electron chi connectivity index (χ3n) is 3.69. The summed E-state index contributed by atoms with van der Waals surface area (Å²) in [5.41, 5.74) is 2.23. The number of likely N-dealkylation sites (tertiary alicyclic amines) is 1. The molecule has 1 aromatic carbocycles. The second-order valence-electron chi connectivity index (χ2n) is 4.97. The lowest BCUT2D eigenvalue weighted by Crippen LogP contribution is -2.41. The summed E-state index contributed by atoms with van der Waals surface area (Å²) in [7, 11) is 0. The van der Waals surface area contributed by atoms with Crippen LogP contribution in [0.4, 0.5) is 10.5 Å². The molecular formula is C14H17N3O2. The molecule has 19 heavy (non-hydrogen) atoms. The van der Waals surface area contributed by atoms with Crippen molar-refractivity contribution in [3.05, 3.63) is 30.5 Å². The first-order valence-corrected chi connectivity index (χ1v) is 6.54. The number of carboxylic acid groups (broad SMARTS) is 1. The molecule has 100 valence electrons. The third-order valence-corrected chi connectivity index (χ3v) is 3.69. The molecule has 1 aliphatic heterocycles. The smallest absolute Gasteiger partial charge is 0.407 e. The van der Waals surface area contributed by atoms with E-state index >= 15 is 0 Å². The first-order chi connectivity index (χ1) is 9.22. The first kappa shape index (κ1) is 11.9. The fraction of sp³-hybridized carbons (Fsp3) is 0.357. The van der Waals surface area contributed by atoms with E-state index in [-0.39, 0.29) is 0 Å². The van der Waals surface area contributed by atoms with Gasteiger partial charge in [-0.15, -0.1) is 0 Å². The highest BCUT2D eigenvalue weighted by Crippen LogP contribution is 2.21. The van der Waals surface area contributed by atoms with E-state index in [0.29, 0.717) is 19.1 Å². The number of rotatable bonds is 2. The molecule has 1 fully saturated rings. The SMILES string of the molecule is O=C(O)N1CCC(Nc2ccc3[nH]ccc3c2)CC1. The van der Waals surface area contributed by atoms with Crippen LogP contribution in [0.15, 0.2) is 30.5 Å². The summed E-state index contributed by atoms with van der Waals surface area (Å²) in [6, 6.07) is 8.64. The van der Waals surface area contributed by atoms with Crippen LogP contribution in [0.2, 0.25) is 0 Å². The van der Waals surface area contributed by atoms with Gasteiger partial charge in [-0.05, 0) is 37.1 Å². The molecule has 1 aliphatic rings. The maximum Gasteiger partial charge on any atom is 0.407 e. The number of carbonyl (C=O) groups is 1. The molecule has 5 heteroatoms. The minimum atomic E-state index is -0.813. The van der Waals surface area contributed by atoms with Crippen LogP contribution in [0.3, 0.4) is 0 Å². The summed E-state index contributed by atoms with van der Waals surface area (Å²) in [6.45, 7) is 1.22. The Balaban J connectivity index is 1.64. The van der Waals surface area contributed by atoms with E-state index in [9.17, 15) is 4.79 Å². The predicted octanol–water partition coefficient (Wildman–Crippen LogP) is 2.72. The van der Waals surface area contributed by atoms with Crippen LogP contribution in [-0.4, -0.2) is 40.2 Å². The van der Waals surface area contributed by atoms with Crippen LogP contribution in [-0.2, 0) is 0 Å². The fourth-order valence-corrected chi connectivity index (χ4v) is 2.59. The molecule has 5 nitrogen and oxygen atoms in total. The van der Waals surface area contributed by atoms with E-state index in [0.717, 1.165) is 24.0 Å². The molecular weight excluding hydrogens is 242 g/mol. The van der Waals surface area contributed by atoms with E-state index < -0.39 is 6.09 Å². The fourth-order valence-electron chi connectivity index (χ4n) is 2.59. The van der Waals surface area contributed by atoms with Crippen molar-refractivity contribution in [1.29, 1.82) is 0 Å². The maximum atomic E-state index is 10.8. The standard InChI is InChI=1S/C14H17N3O2/c18-14(19)17-7-4-11(5-8-17)16-12-1-2-13-10(9-12)3-6-15-13/h1-3,6,9,11,15-16H,4-5,7-8H2,(H,18,19). The molecule has 0 bridgehead atoms. The lowest BCUT2D eigenvalue weighted by atomic mass is 10.0. The Labute approximate surface area is 111 Å². The van der Waals surface area contributed by atoms with E-state index in [1.165, 1.54) is 10.3 Å². The molecule has 1 amide bonds. The van der Waals surface area contributed by atoms with Gasteiger partial charge < -0.3 is 20.3 Å². The van der Waals surface area contributed by atoms with Gasteiger partial charge in [0.25, 0.3) is 0 Å². The number of piperidine rings is 1. The highest BCUT2D eigenvalue weighted by Gasteiger charge is 2.21. The van der Waals surface area contributed by atoms with E-state index in [1.54, 1.807) is 0 Å². The zero-order valence-corrected chi connectivity index (χ0v) is 10.6. The molecule has 3 rings (SSSR count). The Bertz CT molecular complexity index is 585. The van der Waals surface area contributed by atoms with Gasteiger partial charge in [0.1, 0.15) is 0 Å². The predicted molar refractivity (Wildman–Crippen MR) is 74.5 cm³/mol. The van der Waals surface area contributed by atoms with E-state index in [1.807, 2.05) is 12.3 Å². The Morgan fingerprint density at radius 3 is 2.84 bits per heavy atom. The average Bonchev–Trinajstić information content (AvgIpc) is 2.87. The monoisotopic (exact) mass is 259 g/mol. The molecule has 3 N–H and O–H groups in total. The van der Waals surface area contributed by atoms with E-state index in [4.69, 9.17) is 5.11 Å². The van der Waals surface area contributed by atoms with Gasteiger partial charge in [-0.1, -0.05) is 0 Å². The minimum absolute atomic E-state index is 0.354. The Hall–Kier alpha value is -2.17. The number of aromatic amines is 1. The Kier molecular flexibility index (Phi) is 3.03. The van der Waals surface area contributed by atoms with Gasteiger partial charge in [0.15, 0.2) is 0 Å². The van der Waals surface area contributed by atoms with E-state index in [2.05, 4.69) is 28.5 Å². The lowest BCUT2D eigenvalue weighted by Gasteiger charge is -2.31. The second kappa shape index (κ2) is 4.84. The zero-order chi connectivity index (χ0) is 13.2. The number of hydrogen-bond acceptors (Lipinski definition) is 2. The van der Waals surface area contributed by atoms with Crippen LogP contribution in [0, 0.1) is 0 Å². The first-order valence-electron chi connectivity index (χ1n) is 6.54. The zero-order valence-electron chi connectivity index (χ0n) is 10.6. The van der Waals surface area contributed by atoms with Crippen molar-refractivity contribution in [2.45, 2.75) is 18.9 Å². The number of nitrogens with one attached hydrogen (secondary N) is 2. The highest BCUT2D eigenvalue weighted by atomic mass is 16.4. The topological polar surface area (TPSA) is 68.4 Å². The molecule has 0 radical (unpaired) electrons. The van der Waals surface area contributed by atoms with Gasteiger partial charge in [-0.2, -0.15) is 0 Å². The van der Waals surface area contributed by atoms with Gasteiger partial charge in [-0.25, -0.2) is 4.79 Å². The minimum Gasteiger partial charge on any atom is -0.465 e. The second-order valence-corrected chi connectivity index (χ2v) is 4.97. The maximum absolute atomic E-state index is 10.8. The largest absolute Gasteiger partial charge is 0.465 e. The number of benzene rings is 1.